The van der Waals surface area contributed by atoms with E-state index in [0.717, 1.165) is 11.1 Å². The van der Waals surface area contributed by atoms with Crippen LogP contribution in [0.5, 0.6) is 11.5 Å². The molecule has 5 aliphatic rings. The van der Waals surface area contributed by atoms with Crippen LogP contribution in [0.4, 0.5) is 0 Å². The molecule has 2 saturated heterocycles. The van der Waals surface area contributed by atoms with Gasteiger partial charge in [-0.15, -0.1) is 0 Å². The number of Topliss-reactive ketones (excluding diaryl/α,β-unsaturated/α-hetero) is 1. The van der Waals surface area contributed by atoms with Crippen molar-refractivity contribution in [2.45, 2.75) is 75.3 Å². The van der Waals surface area contributed by atoms with Crippen molar-refractivity contribution in [1.82, 2.24) is 0 Å². The van der Waals surface area contributed by atoms with E-state index in [0.29, 0.717) is 54.2 Å². The normalized spacial score (nSPS) is 35.5. The summed E-state index contributed by atoms with van der Waals surface area (Å²) in [7, 11) is 1.53. The number of hydrogen-bond acceptors (Lipinski definition) is 10. The number of ketones is 1. The molecule has 0 spiro atoms. The van der Waals surface area contributed by atoms with E-state index in [1.165, 1.54) is 7.11 Å². The Balaban J connectivity index is 1.22. The van der Waals surface area contributed by atoms with Crippen molar-refractivity contribution in [3.63, 3.8) is 0 Å². The molecule has 3 aliphatic carbocycles. The third-order valence-electron chi connectivity index (χ3n) is 11.1. The lowest BCUT2D eigenvalue weighted by molar-refractivity contribution is -0.421. The average Bonchev–Trinajstić information content (AvgIpc) is 3.38. The molecule has 3 fully saturated rings. The van der Waals surface area contributed by atoms with E-state index in [-0.39, 0.29) is 31.1 Å². The molecule has 0 amide bonds. The second-order valence-corrected chi connectivity index (χ2v) is 14.3. The van der Waals surface area contributed by atoms with Gasteiger partial charge in [-0.3, -0.25) is 9.59 Å². The van der Waals surface area contributed by atoms with E-state index in [9.17, 15) is 14.7 Å². The zero-order valence-electron chi connectivity index (χ0n) is 28.5. The molecule has 1 unspecified atom stereocenters. The maximum Gasteiger partial charge on any atom is 0.310 e. The third-order valence-corrected chi connectivity index (χ3v) is 11.1. The monoisotopic (exact) mass is 671 g/mol. The number of rotatable bonds is 11. The van der Waals surface area contributed by atoms with Gasteiger partial charge >= 0.3 is 5.97 Å². The molecule has 260 valence electrons. The smallest absolute Gasteiger partial charge is 0.310 e. The highest BCUT2D eigenvalue weighted by Gasteiger charge is 2.79. The van der Waals surface area contributed by atoms with Crippen LogP contribution in [-0.2, 0) is 41.4 Å². The standard InChI is InChI=1S/C39H45NO9/c1-23(2)37-19-25(4)39-29(35(37)47-38(48-37,49-39)21-26-9-7-6-8-10-26)16-28(20-36(43)32(39)15-24(3)34(36)42)22-46-33(41)18-27-11-12-30(45-14-13-40)31(17-27)44-5/h6-12,15-17,25,29,32,35,43H,1,13-14,18-22,40H2,2-5H3/t25-,29+,32-,35-,36-,37-,38?,39-/m1/s1. The first-order chi connectivity index (χ1) is 23.4. The van der Waals surface area contributed by atoms with Gasteiger partial charge in [-0.25, -0.2) is 0 Å². The summed E-state index contributed by atoms with van der Waals surface area (Å²) in [6, 6.07) is 15.1. The number of methoxy groups -OCH3 is 1. The first-order valence-electron chi connectivity index (χ1n) is 17.0. The number of hydrogen-bond donors (Lipinski definition) is 2. The van der Waals surface area contributed by atoms with E-state index < -0.39 is 46.7 Å². The number of fused-ring (bicyclic) bond motifs is 2. The summed E-state index contributed by atoms with van der Waals surface area (Å²) < 4.78 is 37.8. The molecule has 3 N–H and O–H groups in total. The molecule has 2 aromatic rings. The zero-order valence-corrected chi connectivity index (χ0v) is 28.5. The number of carbonyl (C=O) groups excluding carboxylic acids is 2. The van der Waals surface area contributed by atoms with Crippen LogP contribution >= 0.6 is 0 Å². The minimum absolute atomic E-state index is 0.00765. The molecule has 0 radical (unpaired) electrons. The summed E-state index contributed by atoms with van der Waals surface area (Å²) in [5.41, 5.74) is 5.42. The van der Waals surface area contributed by atoms with E-state index >= 15 is 0 Å². The lowest BCUT2D eigenvalue weighted by Gasteiger charge is -2.59. The van der Waals surface area contributed by atoms with Crippen LogP contribution in [0.15, 0.2) is 84.0 Å². The van der Waals surface area contributed by atoms with Crippen molar-refractivity contribution >= 4 is 11.8 Å². The maximum atomic E-state index is 13.9. The Morgan fingerprint density at radius 1 is 1.10 bits per heavy atom. The molecule has 8 atom stereocenters. The second-order valence-electron chi connectivity index (χ2n) is 14.3. The number of benzene rings is 2. The van der Waals surface area contributed by atoms with Gasteiger partial charge in [0.1, 0.15) is 30.5 Å². The molecule has 3 bridgehead atoms. The number of aliphatic hydroxyl groups is 1. The van der Waals surface area contributed by atoms with E-state index in [1.807, 2.05) is 49.4 Å². The number of carbonyl (C=O) groups is 2. The van der Waals surface area contributed by atoms with Crippen LogP contribution in [0.25, 0.3) is 0 Å². The molecular weight excluding hydrogens is 626 g/mol. The van der Waals surface area contributed by atoms with Gasteiger partial charge in [-0.2, -0.15) is 0 Å². The highest BCUT2D eigenvalue weighted by atomic mass is 16.9. The molecule has 10 heteroatoms. The fourth-order valence-electron chi connectivity index (χ4n) is 8.99. The first-order valence-corrected chi connectivity index (χ1v) is 17.0. The number of nitrogens with two attached hydrogens (primary N) is 1. The van der Waals surface area contributed by atoms with E-state index in [1.54, 1.807) is 25.1 Å². The minimum Gasteiger partial charge on any atom is -0.493 e. The molecule has 2 heterocycles. The Kier molecular flexibility index (Phi) is 8.39. The SMILES string of the molecule is C=C(C)[C@]12C[C@@H](C)[C@@]34OC(Cc5ccccc5)(O[C@@H]1[C@@H]3C=C(COC(=O)Cc1ccc(OCCN)c(OC)c1)C[C@]1(O)C(=O)C(C)=C[C@@H]41)O2. The largest absolute Gasteiger partial charge is 0.493 e. The van der Waals surface area contributed by atoms with Crippen LogP contribution in [0.3, 0.4) is 0 Å². The first kappa shape index (κ1) is 33.7. The second kappa shape index (κ2) is 12.2. The molecule has 0 aromatic heterocycles. The quantitative estimate of drug-likeness (QED) is 0.262. The van der Waals surface area contributed by atoms with Gasteiger partial charge in [-0.1, -0.05) is 62.1 Å². The Bertz CT molecular complexity index is 1740. The summed E-state index contributed by atoms with van der Waals surface area (Å²) in [5, 5.41) is 12.5. The summed E-state index contributed by atoms with van der Waals surface area (Å²) in [6.07, 6.45) is 4.22. The van der Waals surface area contributed by atoms with Gasteiger partial charge in [-0.05, 0) is 66.2 Å². The lowest BCUT2D eigenvalue weighted by Crippen LogP contribution is -2.70. The highest BCUT2D eigenvalue weighted by Crippen LogP contribution is 2.68. The fourth-order valence-corrected chi connectivity index (χ4v) is 8.99. The Morgan fingerprint density at radius 2 is 1.88 bits per heavy atom. The predicted molar refractivity (Wildman–Crippen MR) is 180 cm³/mol. The van der Waals surface area contributed by atoms with Crippen molar-refractivity contribution in [2.75, 3.05) is 26.9 Å². The summed E-state index contributed by atoms with van der Waals surface area (Å²) in [5.74, 6) is -2.53. The zero-order chi connectivity index (χ0) is 34.8. The van der Waals surface area contributed by atoms with Gasteiger partial charge in [0, 0.05) is 24.8 Å². The van der Waals surface area contributed by atoms with Gasteiger partial charge < -0.3 is 39.3 Å². The van der Waals surface area contributed by atoms with E-state index in [2.05, 4.69) is 13.5 Å². The number of esters is 1. The van der Waals surface area contributed by atoms with Crippen molar-refractivity contribution in [1.29, 1.82) is 0 Å². The van der Waals surface area contributed by atoms with Crippen LogP contribution < -0.4 is 15.2 Å². The molecule has 1 saturated carbocycles. The number of ether oxygens (including phenoxy) is 6. The van der Waals surface area contributed by atoms with Crippen LogP contribution in [0.2, 0.25) is 0 Å². The van der Waals surface area contributed by atoms with Gasteiger partial charge in [0.05, 0.1) is 25.6 Å². The van der Waals surface area contributed by atoms with Gasteiger partial charge in [0.25, 0.3) is 5.97 Å². The molecule has 2 aromatic carbocycles. The molecule has 7 rings (SSSR count). The lowest BCUT2D eigenvalue weighted by atomic mass is 9.55. The Morgan fingerprint density at radius 3 is 2.59 bits per heavy atom. The highest BCUT2D eigenvalue weighted by molar-refractivity contribution is 6.04. The van der Waals surface area contributed by atoms with Crippen molar-refractivity contribution in [3.8, 4) is 11.5 Å². The maximum absolute atomic E-state index is 13.9. The molecule has 2 aliphatic heterocycles. The molecule has 49 heavy (non-hydrogen) atoms. The van der Waals surface area contributed by atoms with E-state index in [4.69, 9.17) is 34.2 Å². The van der Waals surface area contributed by atoms with Crippen LogP contribution in [0, 0.1) is 17.8 Å². The summed E-state index contributed by atoms with van der Waals surface area (Å²) >= 11 is 0. The summed E-state index contributed by atoms with van der Waals surface area (Å²) in [4.78, 5) is 27.1. The summed E-state index contributed by atoms with van der Waals surface area (Å²) in [6.45, 7) is 10.7. The Hall–Kier alpha value is -3.80. The Labute approximate surface area is 286 Å². The van der Waals surface area contributed by atoms with Gasteiger partial charge in [0.15, 0.2) is 17.3 Å². The van der Waals surface area contributed by atoms with Crippen molar-refractivity contribution in [3.05, 3.63) is 95.1 Å². The van der Waals surface area contributed by atoms with Gasteiger partial charge in [0.2, 0.25) is 0 Å². The minimum atomic E-state index is -1.80. The predicted octanol–water partition coefficient (Wildman–Crippen LogP) is 4.38. The topological polar surface area (TPSA) is 136 Å². The van der Waals surface area contributed by atoms with Crippen LogP contribution in [-0.4, -0.2) is 72.6 Å². The third kappa shape index (κ3) is 5.27. The van der Waals surface area contributed by atoms with Crippen molar-refractivity contribution < 1.29 is 43.1 Å². The fraction of sp³-hybridized carbons (Fsp3) is 0.487. The van der Waals surface area contributed by atoms with Crippen molar-refractivity contribution in [2.24, 2.45) is 23.5 Å². The average molecular weight is 672 g/mol. The van der Waals surface area contributed by atoms with Crippen LogP contribution in [0.1, 0.15) is 44.7 Å². The molecule has 10 nitrogen and oxygen atoms in total. The molecular formula is C39H45NO9.